The molecule has 2 aliphatic rings. The number of hydrogen-bond donors (Lipinski definition) is 1. The Morgan fingerprint density at radius 1 is 1.32 bits per heavy atom. The number of benzene rings is 1. The number of amides is 2. The SMILES string of the molecule is COc1ccc(N2CC(C(=O)NCC3CCS(=O)(=O)C3)CC2=O)cc1. The Labute approximate surface area is 147 Å². The first-order chi connectivity index (χ1) is 11.9. The predicted octanol–water partition coefficient (Wildman–Crippen LogP) is 0.599. The third-order valence-corrected chi connectivity index (χ3v) is 6.61. The van der Waals surface area contributed by atoms with Crippen LogP contribution in [-0.2, 0) is 19.4 Å². The Morgan fingerprint density at radius 2 is 2.04 bits per heavy atom. The highest BCUT2D eigenvalue weighted by molar-refractivity contribution is 7.91. The van der Waals surface area contributed by atoms with Crippen LogP contribution in [0.25, 0.3) is 0 Å². The van der Waals surface area contributed by atoms with E-state index in [2.05, 4.69) is 5.32 Å². The van der Waals surface area contributed by atoms with Gasteiger partial charge in [-0.1, -0.05) is 0 Å². The van der Waals surface area contributed by atoms with Gasteiger partial charge in [-0.05, 0) is 36.6 Å². The highest BCUT2D eigenvalue weighted by Crippen LogP contribution is 2.27. The maximum absolute atomic E-state index is 12.3. The molecule has 0 radical (unpaired) electrons. The van der Waals surface area contributed by atoms with Crippen molar-refractivity contribution in [1.82, 2.24) is 5.32 Å². The van der Waals surface area contributed by atoms with Gasteiger partial charge in [-0.25, -0.2) is 8.42 Å². The average Bonchev–Trinajstić information content (AvgIpc) is 3.15. The maximum Gasteiger partial charge on any atom is 0.227 e. The fraction of sp³-hybridized carbons (Fsp3) is 0.529. The number of sulfone groups is 1. The van der Waals surface area contributed by atoms with E-state index in [1.54, 1.807) is 36.3 Å². The minimum Gasteiger partial charge on any atom is -0.497 e. The van der Waals surface area contributed by atoms with E-state index < -0.39 is 15.8 Å². The van der Waals surface area contributed by atoms with E-state index in [1.807, 2.05) is 0 Å². The van der Waals surface area contributed by atoms with Gasteiger partial charge in [-0.15, -0.1) is 0 Å². The summed E-state index contributed by atoms with van der Waals surface area (Å²) in [5.74, 6) is 0.324. The Kier molecular flexibility index (Phi) is 4.99. The lowest BCUT2D eigenvalue weighted by molar-refractivity contribution is -0.126. The second kappa shape index (κ2) is 7.03. The standard InChI is InChI=1S/C17H22N2O5S/c1-24-15-4-2-14(3-5-15)19-10-13(8-16(19)20)17(21)18-9-12-6-7-25(22,23)11-12/h2-5,12-13H,6-11H2,1H3,(H,18,21). The van der Waals surface area contributed by atoms with E-state index >= 15 is 0 Å². The van der Waals surface area contributed by atoms with Crippen molar-refractivity contribution in [3.8, 4) is 5.75 Å². The van der Waals surface area contributed by atoms with Crippen molar-refractivity contribution in [1.29, 1.82) is 0 Å². The first kappa shape index (κ1) is 17.7. The zero-order valence-electron chi connectivity index (χ0n) is 14.1. The number of carbonyl (C=O) groups excluding carboxylic acids is 2. The van der Waals surface area contributed by atoms with Crippen molar-refractivity contribution in [2.75, 3.05) is 36.6 Å². The summed E-state index contributed by atoms with van der Waals surface area (Å²) in [4.78, 5) is 26.2. The summed E-state index contributed by atoms with van der Waals surface area (Å²) in [5, 5.41) is 2.81. The van der Waals surface area contributed by atoms with E-state index in [4.69, 9.17) is 4.74 Å². The molecule has 2 unspecified atom stereocenters. The van der Waals surface area contributed by atoms with E-state index in [-0.39, 0.29) is 35.7 Å². The summed E-state index contributed by atoms with van der Waals surface area (Å²) in [5.41, 5.74) is 0.739. The van der Waals surface area contributed by atoms with Crippen LogP contribution in [-0.4, -0.2) is 51.9 Å². The van der Waals surface area contributed by atoms with Crippen LogP contribution in [0.1, 0.15) is 12.8 Å². The van der Waals surface area contributed by atoms with Crippen molar-refractivity contribution in [2.24, 2.45) is 11.8 Å². The molecule has 0 saturated carbocycles. The summed E-state index contributed by atoms with van der Waals surface area (Å²) in [6.45, 7) is 0.686. The minimum atomic E-state index is -2.95. The molecule has 0 spiro atoms. The molecule has 1 N–H and O–H groups in total. The molecule has 2 amide bonds. The van der Waals surface area contributed by atoms with Crippen molar-refractivity contribution < 1.29 is 22.7 Å². The fourth-order valence-corrected chi connectivity index (χ4v) is 5.18. The molecule has 2 fully saturated rings. The largest absolute Gasteiger partial charge is 0.497 e. The van der Waals surface area contributed by atoms with Gasteiger partial charge in [-0.2, -0.15) is 0 Å². The lowest BCUT2D eigenvalue weighted by Crippen LogP contribution is -2.36. The number of methoxy groups -OCH3 is 1. The molecule has 0 aliphatic carbocycles. The number of nitrogens with one attached hydrogen (secondary N) is 1. The third-order valence-electron chi connectivity index (χ3n) is 4.77. The summed E-state index contributed by atoms with van der Waals surface area (Å²) in [6, 6.07) is 7.13. The van der Waals surface area contributed by atoms with Gasteiger partial charge in [-0.3, -0.25) is 9.59 Å². The Balaban J connectivity index is 1.55. The van der Waals surface area contributed by atoms with Crippen molar-refractivity contribution in [3.05, 3.63) is 24.3 Å². The highest BCUT2D eigenvalue weighted by Gasteiger charge is 2.36. The molecular weight excluding hydrogens is 344 g/mol. The Hall–Kier alpha value is -2.09. The number of anilines is 1. The molecule has 8 heteroatoms. The Bertz CT molecular complexity index is 760. The van der Waals surface area contributed by atoms with Gasteiger partial charge in [0, 0.05) is 25.2 Å². The molecule has 7 nitrogen and oxygen atoms in total. The van der Waals surface area contributed by atoms with Gasteiger partial charge in [0.05, 0.1) is 24.5 Å². The van der Waals surface area contributed by atoms with Crippen LogP contribution in [0.15, 0.2) is 24.3 Å². The summed E-state index contributed by atoms with van der Waals surface area (Å²) in [7, 11) is -1.37. The monoisotopic (exact) mass is 366 g/mol. The number of carbonyl (C=O) groups is 2. The molecule has 25 heavy (non-hydrogen) atoms. The number of ether oxygens (including phenoxy) is 1. The zero-order valence-corrected chi connectivity index (χ0v) is 14.9. The van der Waals surface area contributed by atoms with Crippen LogP contribution < -0.4 is 15.0 Å². The van der Waals surface area contributed by atoms with Crippen molar-refractivity contribution in [3.63, 3.8) is 0 Å². The van der Waals surface area contributed by atoms with Crippen LogP contribution in [0.4, 0.5) is 5.69 Å². The summed E-state index contributed by atoms with van der Waals surface area (Å²) >= 11 is 0. The Morgan fingerprint density at radius 3 is 2.64 bits per heavy atom. The maximum atomic E-state index is 12.3. The lowest BCUT2D eigenvalue weighted by atomic mass is 10.1. The second-order valence-electron chi connectivity index (χ2n) is 6.62. The van der Waals surface area contributed by atoms with E-state index in [0.29, 0.717) is 25.3 Å². The molecule has 1 aromatic rings. The fourth-order valence-electron chi connectivity index (χ4n) is 3.32. The molecule has 2 atom stereocenters. The first-order valence-electron chi connectivity index (χ1n) is 8.30. The van der Waals surface area contributed by atoms with Gasteiger partial charge in [0.15, 0.2) is 9.84 Å². The lowest BCUT2D eigenvalue weighted by Gasteiger charge is -2.17. The van der Waals surface area contributed by atoms with Crippen molar-refractivity contribution >= 4 is 27.3 Å². The molecule has 0 bridgehead atoms. The molecule has 2 aliphatic heterocycles. The number of hydrogen-bond acceptors (Lipinski definition) is 5. The number of nitrogens with zero attached hydrogens (tertiary/aromatic N) is 1. The average molecular weight is 366 g/mol. The minimum absolute atomic E-state index is 0.0243. The summed E-state index contributed by atoms with van der Waals surface area (Å²) < 4.78 is 28.0. The smallest absolute Gasteiger partial charge is 0.227 e. The normalized spacial score (nSPS) is 25.2. The second-order valence-corrected chi connectivity index (χ2v) is 8.85. The van der Waals surface area contributed by atoms with Gasteiger partial charge in [0.2, 0.25) is 11.8 Å². The number of rotatable bonds is 5. The first-order valence-corrected chi connectivity index (χ1v) is 10.1. The van der Waals surface area contributed by atoms with Crippen LogP contribution in [0.5, 0.6) is 5.75 Å². The van der Waals surface area contributed by atoms with Gasteiger partial charge >= 0.3 is 0 Å². The summed E-state index contributed by atoms with van der Waals surface area (Å²) in [6.07, 6.45) is 0.755. The van der Waals surface area contributed by atoms with Gasteiger partial charge in [0.1, 0.15) is 5.75 Å². The molecule has 0 aromatic heterocycles. The molecule has 3 rings (SSSR count). The quantitative estimate of drug-likeness (QED) is 0.824. The van der Waals surface area contributed by atoms with Gasteiger partial charge in [0.25, 0.3) is 0 Å². The topological polar surface area (TPSA) is 92.8 Å². The molecule has 2 heterocycles. The van der Waals surface area contributed by atoms with E-state index in [9.17, 15) is 18.0 Å². The molecule has 1 aromatic carbocycles. The predicted molar refractivity (Wildman–Crippen MR) is 93.2 cm³/mol. The highest BCUT2D eigenvalue weighted by atomic mass is 32.2. The molecular formula is C17H22N2O5S. The van der Waals surface area contributed by atoms with Gasteiger partial charge < -0.3 is 15.0 Å². The van der Waals surface area contributed by atoms with E-state index in [1.165, 1.54) is 0 Å². The van der Waals surface area contributed by atoms with Crippen LogP contribution in [0.2, 0.25) is 0 Å². The van der Waals surface area contributed by atoms with Crippen LogP contribution in [0.3, 0.4) is 0 Å². The molecule has 2 saturated heterocycles. The van der Waals surface area contributed by atoms with Crippen molar-refractivity contribution in [2.45, 2.75) is 12.8 Å². The van der Waals surface area contributed by atoms with E-state index in [0.717, 1.165) is 5.69 Å². The molecule has 136 valence electrons. The van der Waals surface area contributed by atoms with Crippen LogP contribution in [0, 0.1) is 11.8 Å². The third kappa shape index (κ3) is 4.12. The zero-order chi connectivity index (χ0) is 18.0. The van der Waals surface area contributed by atoms with Crippen LogP contribution >= 0.6 is 0 Å².